The lowest BCUT2D eigenvalue weighted by Gasteiger charge is -2.07. The van der Waals surface area contributed by atoms with Crippen molar-refractivity contribution in [2.24, 2.45) is 0 Å². The lowest BCUT2D eigenvalue weighted by molar-refractivity contribution is -0.137. The molecule has 1 N–H and O–H groups in total. The van der Waals surface area contributed by atoms with E-state index in [4.69, 9.17) is 0 Å². The third kappa shape index (κ3) is 1.60. The second-order valence-corrected chi connectivity index (χ2v) is 3.69. The van der Waals surface area contributed by atoms with Crippen molar-refractivity contribution in [2.45, 2.75) is 11.1 Å². The van der Waals surface area contributed by atoms with Crippen LogP contribution < -0.4 is 5.32 Å². The maximum Gasteiger partial charge on any atom is 0.416 e. The molecule has 13 heavy (non-hydrogen) atoms. The van der Waals surface area contributed by atoms with Crippen LogP contribution in [0.1, 0.15) is 5.56 Å². The van der Waals surface area contributed by atoms with Gasteiger partial charge >= 0.3 is 6.18 Å². The molecule has 1 aliphatic heterocycles. The molecule has 0 saturated carbocycles. The second kappa shape index (κ2) is 2.83. The van der Waals surface area contributed by atoms with Crippen LogP contribution in [0.15, 0.2) is 23.1 Å². The zero-order chi connectivity index (χ0) is 9.47. The number of alkyl halides is 3. The molecular formula is C8H6F3NS. The molecule has 1 aromatic rings. The van der Waals surface area contributed by atoms with E-state index >= 15 is 0 Å². The number of rotatable bonds is 0. The molecule has 1 aromatic carbocycles. The zero-order valence-electron chi connectivity index (χ0n) is 6.48. The van der Waals surface area contributed by atoms with Gasteiger partial charge in [0.15, 0.2) is 0 Å². The van der Waals surface area contributed by atoms with Crippen molar-refractivity contribution < 1.29 is 13.2 Å². The Balaban J connectivity index is 2.42. The highest BCUT2D eigenvalue weighted by molar-refractivity contribution is 7.99. The molecule has 0 aromatic heterocycles. The molecule has 1 nitrogen and oxygen atoms in total. The zero-order valence-corrected chi connectivity index (χ0v) is 7.30. The smallest absolute Gasteiger partial charge is 0.375 e. The third-order valence-electron chi connectivity index (χ3n) is 1.80. The van der Waals surface area contributed by atoms with Crippen molar-refractivity contribution in [3.05, 3.63) is 23.8 Å². The maximum atomic E-state index is 12.2. The first-order chi connectivity index (χ1) is 6.07. The Labute approximate surface area is 77.3 Å². The van der Waals surface area contributed by atoms with Crippen LogP contribution >= 0.6 is 11.8 Å². The molecule has 0 amide bonds. The molecule has 0 bridgehead atoms. The number of hydrogen-bond donors (Lipinski definition) is 1. The Morgan fingerprint density at radius 2 is 2.08 bits per heavy atom. The lowest BCUT2D eigenvalue weighted by atomic mass is 10.2. The fourth-order valence-corrected chi connectivity index (χ4v) is 2.00. The number of benzene rings is 1. The molecule has 0 spiro atoms. The van der Waals surface area contributed by atoms with E-state index in [2.05, 4.69) is 5.32 Å². The Kier molecular flexibility index (Phi) is 1.91. The van der Waals surface area contributed by atoms with Crippen LogP contribution in [0, 0.1) is 0 Å². The monoisotopic (exact) mass is 205 g/mol. The van der Waals surface area contributed by atoms with E-state index in [9.17, 15) is 13.2 Å². The quantitative estimate of drug-likeness (QED) is 0.698. The van der Waals surface area contributed by atoms with E-state index in [1.807, 2.05) is 0 Å². The first-order valence-corrected chi connectivity index (χ1v) is 4.64. The minimum atomic E-state index is -4.25. The fourth-order valence-electron chi connectivity index (χ4n) is 1.16. The Bertz CT molecular complexity index is 335. The minimum absolute atomic E-state index is 0.583. The Morgan fingerprint density at radius 1 is 1.31 bits per heavy atom. The number of hydrogen-bond acceptors (Lipinski definition) is 2. The van der Waals surface area contributed by atoms with E-state index < -0.39 is 11.7 Å². The van der Waals surface area contributed by atoms with Crippen LogP contribution in [-0.4, -0.2) is 5.88 Å². The molecular weight excluding hydrogens is 199 g/mol. The SMILES string of the molecule is FC(F)(F)c1ccc2c(c1)NCS2. The molecule has 0 saturated heterocycles. The fraction of sp³-hybridized carbons (Fsp3) is 0.250. The normalized spacial score (nSPS) is 15.3. The summed E-state index contributed by atoms with van der Waals surface area (Å²) in [4.78, 5) is 0.882. The summed E-state index contributed by atoms with van der Waals surface area (Å²) in [6, 6.07) is 3.76. The summed E-state index contributed by atoms with van der Waals surface area (Å²) >= 11 is 1.51. The lowest BCUT2D eigenvalue weighted by Crippen LogP contribution is -2.04. The average molecular weight is 205 g/mol. The third-order valence-corrected chi connectivity index (χ3v) is 2.75. The average Bonchev–Trinajstić information content (AvgIpc) is 2.47. The maximum absolute atomic E-state index is 12.2. The summed E-state index contributed by atoms with van der Waals surface area (Å²) in [5.41, 5.74) is -0.0129. The molecule has 0 radical (unpaired) electrons. The topological polar surface area (TPSA) is 12.0 Å². The van der Waals surface area contributed by atoms with E-state index in [0.29, 0.717) is 11.6 Å². The van der Waals surface area contributed by atoms with Gasteiger partial charge in [-0.1, -0.05) is 0 Å². The van der Waals surface area contributed by atoms with Crippen LogP contribution in [0.3, 0.4) is 0 Å². The van der Waals surface area contributed by atoms with Crippen molar-refractivity contribution in [3.63, 3.8) is 0 Å². The summed E-state index contributed by atoms with van der Waals surface area (Å²) < 4.78 is 36.7. The standard InChI is InChI=1S/C8H6F3NS/c9-8(10,11)5-1-2-7-6(3-5)12-4-13-7/h1-3,12H,4H2. The Morgan fingerprint density at radius 3 is 2.77 bits per heavy atom. The Hall–Kier alpha value is -0.840. The van der Waals surface area contributed by atoms with Gasteiger partial charge in [0.25, 0.3) is 0 Å². The minimum Gasteiger partial charge on any atom is -0.375 e. The highest BCUT2D eigenvalue weighted by Gasteiger charge is 2.31. The van der Waals surface area contributed by atoms with E-state index in [-0.39, 0.29) is 0 Å². The number of anilines is 1. The molecule has 1 aliphatic rings. The van der Waals surface area contributed by atoms with Gasteiger partial charge in [0.1, 0.15) is 0 Å². The van der Waals surface area contributed by atoms with Crippen molar-refractivity contribution in [1.82, 2.24) is 0 Å². The van der Waals surface area contributed by atoms with E-state index in [1.54, 1.807) is 0 Å². The van der Waals surface area contributed by atoms with Gasteiger partial charge in [-0.05, 0) is 18.2 Å². The number of fused-ring (bicyclic) bond motifs is 1. The summed E-state index contributed by atoms with van der Waals surface area (Å²) in [5, 5.41) is 2.88. The first kappa shape index (κ1) is 8.74. The summed E-state index contributed by atoms with van der Waals surface area (Å²) in [5.74, 6) is 0.649. The number of halogens is 3. The number of thioether (sulfide) groups is 1. The summed E-state index contributed by atoms with van der Waals surface area (Å²) in [7, 11) is 0. The molecule has 0 atom stereocenters. The summed E-state index contributed by atoms with van der Waals surface area (Å²) in [6.07, 6.45) is -4.25. The van der Waals surface area contributed by atoms with Crippen LogP contribution in [0.25, 0.3) is 0 Å². The van der Waals surface area contributed by atoms with Gasteiger partial charge in [-0.15, -0.1) is 11.8 Å². The van der Waals surface area contributed by atoms with Crippen LogP contribution in [-0.2, 0) is 6.18 Å². The summed E-state index contributed by atoms with van der Waals surface area (Å²) in [6.45, 7) is 0. The van der Waals surface area contributed by atoms with Gasteiger partial charge in [0, 0.05) is 10.6 Å². The first-order valence-electron chi connectivity index (χ1n) is 3.65. The molecule has 5 heteroatoms. The van der Waals surface area contributed by atoms with Crippen molar-refractivity contribution in [2.75, 3.05) is 11.2 Å². The molecule has 0 aliphatic carbocycles. The predicted molar refractivity (Wildman–Crippen MR) is 45.8 cm³/mol. The van der Waals surface area contributed by atoms with E-state index in [1.165, 1.54) is 17.8 Å². The van der Waals surface area contributed by atoms with Crippen molar-refractivity contribution in [3.8, 4) is 0 Å². The van der Waals surface area contributed by atoms with E-state index in [0.717, 1.165) is 17.0 Å². The number of nitrogens with one attached hydrogen (secondary N) is 1. The van der Waals surface area contributed by atoms with Gasteiger partial charge in [-0.25, -0.2) is 0 Å². The molecule has 2 rings (SSSR count). The molecule has 70 valence electrons. The highest BCUT2D eigenvalue weighted by atomic mass is 32.2. The van der Waals surface area contributed by atoms with Gasteiger partial charge in [0.2, 0.25) is 0 Å². The molecule has 1 heterocycles. The van der Waals surface area contributed by atoms with Gasteiger partial charge in [-0.2, -0.15) is 13.2 Å². The van der Waals surface area contributed by atoms with Gasteiger partial charge < -0.3 is 5.32 Å². The molecule has 0 unspecified atom stereocenters. The van der Waals surface area contributed by atoms with Crippen LogP contribution in [0.5, 0.6) is 0 Å². The van der Waals surface area contributed by atoms with Gasteiger partial charge in [-0.3, -0.25) is 0 Å². The second-order valence-electron chi connectivity index (χ2n) is 2.67. The van der Waals surface area contributed by atoms with Crippen molar-refractivity contribution in [1.29, 1.82) is 0 Å². The van der Waals surface area contributed by atoms with Crippen LogP contribution in [0.4, 0.5) is 18.9 Å². The highest BCUT2D eigenvalue weighted by Crippen LogP contribution is 2.38. The van der Waals surface area contributed by atoms with Crippen LogP contribution in [0.2, 0.25) is 0 Å². The molecule has 0 fully saturated rings. The van der Waals surface area contributed by atoms with Gasteiger partial charge in [0.05, 0.1) is 11.4 Å². The predicted octanol–water partition coefficient (Wildman–Crippen LogP) is 3.18. The van der Waals surface area contributed by atoms with Crippen molar-refractivity contribution >= 4 is 17.4 Å². The largest absolute Gasteiger partial charge is 0.416 e.